The van der Waals surface area contributed by atoms with Gasteiger partial charge in [-0.05, 0) is 0 Å². The smallest absolute Gasteiger partial charge is 0.407 e. The van der Waals surface area contributed by atoms with Crippen LogP contribution in [0, 0.1) is 0 Å². The number of hydrogen-bond donors (Lipinski definition) is 1. The molecule has 1 N–H and O–H groups in total. The average Bonchev–Trinajstić information content (AvgIpc) is 2.03. The number of alkyl carbamates (subject to hydrolysis) is 1. The van der Waals surface area contributed by atoms with Crippen molar-refractivity contribution in [1.82, 2.24) is 5.32 Å². The Bertz CT molecular complexity index is 137. The standard InChI is InChI=1S/C6H11NO4/c1-10-4-5(3-8)7-6(9)11-2/h3,5H,4H2,1-2H3,(H,7,9)/t5-/m1/s1. The van der Waals surface area contributed by atoms with E-state index in [1.807, 2.05) is 0 Å². The zero-order chi connectivity index (χ0) is 8.69. The van der Waals surface area contributed by atoms with Gasteiger partial charge < -0.3 is 19.6 Å². The lowest BCUT2D eigenvalue weighted by atomic mass is 10.4. The maximum atomic E-state index is 10.5. The minimum absolute atomic E-state index is 0.151. The molecule has 0 fully saturated rings. The highest BCUT2D eigenvalue weighted by molar-refractivity contribution is 5.72. The number of ether oxygens (including phenoxy) is 2. The highest BCUT2D eigenvalue weighted by Crippen LogP contribution is 1.81. The van der Waals surface area contributed by atoms with E-state index in [9.17, 15) is 9.59 Å². The van der Waals surface area contributed by atoms with Gasteiger partial charge in [-0.25, -0.2) is 4.79 Å². The number of carbonyl (C=O) groups excluding carboxylic acids is 2. The third-order valence-corrected chi connectivity index (χ3v) is 0.999. The second kappa shape index (κ2) is 5.67. The van der Waals surface area contributed by atoms with Crippen LogP contribution in [0.4, 0.5) is 4.79 Å². The zero-order valence-corrected chi connectivity index (χ0v) is 6.49. The van der Waals surface area contributed by atoms with Gasteiger partial charge in [0.15, 0.2) is 0 Å². The van der Waals surface area contributed by atoms with Gasteiger partial charge in [-0.15, -0.1) is 0 Å². The fraction of sp³-hybridized carbons (Fsp3) is 0.667. The Morgan fingerprint density at radius 1 is 1.64 bits per heavy atom. The first-order chi connectivity index (χ1) is 5.24. The van der Waals surface area contributed by atoms with E-state index in [0.717, 1.165) is 0 Å². The molecule has 0 aliphatic rings. The van der Waals surface area contributed by atoms with Gasteiger partial charge in [-0.2, -0.15) is 0 Å². The van der Waals surface area contributed by atoms with Crippen molar-refractivity contribution in [1.29, 1.82) is 0 Å². The normalized spacial score (nSPS) is 11.8. The van der Waals surface area contributed by atoms with Crippen LogP contribution in [-0.4, -0.2) is 39.2 Å². The fourth-order valence-corrected chi connectivity index (χ4v) is 0.505. The molecule has 0 aromatic rings. The van der Waals surface area contributed by atoms with Crippen LogP contribution in [0.2, 0.25) is 0 Å². The predicted octanol–water partition coefficient (Wildman–Crippen LogP) is -0.444. The van der Waals surface area contributed by atoms with Gasteiger partial charge in [0.1, 0.15) is 12.3 Å². The lowest BCUT2D eigenvalue weighted by molar-refractivity contribution is -0.110. The summed E-state index contributed by atoms with van der Waals surface area (Å²) in [5.41, 5.74) is 0. The molecular formula is C6H11NO4. The highest BCUT2D eigenvalue weighted by Gasteiger charge is 2.09. The van der Waals surface area contributed by atoms with Gasteiger partial charge in [-0.3, -0.25) is 0 Å². The lowest BCUT2D eigenvalue weighted by Crippen LogP contribution is -2.38. The third kappa shape index (κ3) is 4.32. The molecule has 0 saturated heterocycles. The topological polar surface area (TPSA) is 64.6 Å². The van der Waals surface area contributed by atoms with Crippen molar-refractivity contribution in [2.45, 2.75) is 6.04 Å². The van der Waals surface area contributed by atoms with Crippen molar-refractivity contribution < 1.29 is 19.1 Å². The molecule has 0 heterocycles. The molecule has 64 valence electrons. The number of amides is 1. The summed E-state index contributed by atoms with van der Waals surface area (Å²) in [6.45, 7) is 0.151. The highest BCUT2D eigenvalue weighted by atomic mass is 16.5. The number of methoxy groups -OCH3 is 2. The van der Waals surface area contributed by atoms with Gasteiger partial charge in [0.25, 0.3) is 0 Å². The molecule has 0 unspecified atom stereocenters. The van der Waals surface area contributed by atoms with Crippen LogP contribution in [0.25, 0.3) is 0 Å². The van der Waals surface area contributed by atoms with Crippen LogP contribution < -0.4 is 5.32 Å². The Labute approximate surface area is 64.7 Å². The van der Waals surface area contributed by atoms with E-state index in [0.29, 0.717) is 6.29 Å². The number of aldehydes is 1. The van der Waals surface area contributed by atoms with Gasteiger partial charge in [0.05, 0.1) is 13.7 Å². The Morgan fingerprint density at radius 2 is 2.27 bits per heavy atom. The van der Waals surface area contributed by atoms with Crippen molar-refractivity contribution in [2.75, 3.05) is 20.8 Å². The number of rotatable bonds is 4. The Morgan fingerprint density at radius 3 is 2.64 bits per heavy atom. The monoisotopic (exact) mass is 161 g/mol. The van der Waals surface area contributed by atoms with Gasteiger partial charge >= 0.3 is 6.09 Å². The van der Waals surface area contributed by atoms with Crippen molar-refractivity contribution in [2.24, 2.45) is 0 Å². The maximum absolute atomic E-state index is 10.5. The summed E-state index contributed by atoms with van der Waals surface area (Å²) in [6, 6.07) is -0.632. The Hall–Kier alpha value is -1.10. The SMILES string of the molecule is COC[C@@H](C=O)NC(=O)OC. The van der Waals surface area contributed by atoms with E-state index in [1.165, 1.54) is 14.2 Å². The summed E-state index contributed by atoms with van der Waals surface area (Å²) in [5.74, 6) is 0. The van der Waals surface area contributed by atoms with Crippen molar-refractivity contribution in [3.8, 4) is 0 Å². The molecule has 1 atom stereocenters. The van der Waals surface area contributed by atoms with E-state index in [1.54, 1.807) is 0 Å². The number of nitrogens with one attached hydrogen (secondary N) is 1. The molecule has 0 radical (unpaired) electrons. The largest absolute Gasteiger partial charge is 0.453 e. The van der Waals surface area contributed by atoms with Crippen LogP contribution in [0.5, 0.6) is 0 Å². The third-order valence-electron chi connectivity index (χ3n) is 0.999. The lowest BCUT2D eigenvalue weighted by Gasteiger charge is -2.09. The van der Waals surface area contributed by atoms with E-state index in [-0.39, 0.29) is 6.61 Å². The average molecular weight is 161 g/mol. The molecule has 0 saturated carbocycles. The summed E-state index contributed by atoms with van der Waals surface area (Å²) in [5, 5.41) is 2.26. The zero-order valence-electron chi connectivity index (χ0n) is 6.49. The molecule has 11 heavy (non-hydrogen) atoms. The van der Waals surface area contributed by atoms with E-state index >= 15 is 0 Å². The molecule has 5 heteroatoms. The fourth-order valence-electron chi connectivity index (χ4n) is 0.505. The first-order valence-corrected chi connectivity index (χ1v) is 3.03. The number of carbonyl (C=O) groups is 2. The Balaban J connectivity index is 3.67. The molecule has 0 aromatic heterocycles. The molecule has 1 amide bonds. The first kappa shape index (κ1) is 9.90. The van der Waals surface area contributed by atoms with Crippen LogP contribution >= 0.6 is 0 Å². The minimum atomic E-state index is -0.640. The van der Waals surface area contributed by atoms with Gasteiger partial charge in [-0.1, -0.05) is 0 Å². The van der Waals surface area contributed by atoms with E-state index in [4.69, 9.17) is 0 Å². The van der Waals surface area contributed by atoms with Crippen LogP contribution in [0.15, 0.2) is 0 Å². The maximum Gasteiger partial charge on any atom is 0.407 e. The summed E-state index contributed by atoms with van der Waals surface area (Å²) in [6.07, 6.45) is -0.0559. The van der Waals surface area contributed by atoms with Crippen LogP contribution in [-0.2, 0) is 14.3 Å². The molecular weight excluding hydrogens is 150 g/mol. The van der Waals surface area contributed by atoms with E-state index in [2.05, 4.69) is 14.8 Å². The summed E-state index contributed by atoms with van der Waals surface area (Å²) < 4.78 is 8.90. The first-order valence-electron chi connectivity index (χ1n) is 3.03. The molecule has 0 bridgehead atoms. The van der Waals surface area contributed by atoms with E-state index < -0.39 is 12.1 Å². The Kier molecular flexibility index (Phi) is 5.10. The molecule has 5 nitrogen and oxygen atoms in total. The van der Waals surface area contributed by atoms with Crippen LogP contribution in [0.1, 0.15) is 0 Å². The second-order valence-electron chi connectivity index (χ2n) is 1.83. The molecule has 0 spiro atoms. The number of hydrogen-bond acceptors (Lipinski definition) is 4. The van der Waals surface area contributed by atoms with Crippen LogP contribution in [0.3, 0.4) is 0 Å². The van der Waals surface area contributed by atoms with Crippen molar-refractivity contribution in [3.63, 3.8) is 0 Å². The van der Waals surface area contributed by atoms with Gasteiger partial charge in [0, 0.05) is 7.11 Å². The quantitative estimate of drug-likeness (QED) is 0.567. The predicted molar refractivity (Wildman–Crippen MR) is 37.3 cm³/mol. The molecule has 0 aliphatic heterocycles. The summed E-state index contributed by atoms with van der Waals surface area (Å²) in [7, 11) is 2.67. The van der Waals surface area contributed by atoms with Crippen molar-refractivity contribution in [3.05, 3.63) is 0 Å². The van der Waals surface area contributed by atoms with Crippen molar-refractivity contribution >= 4 is 12.4 Å². The van der Waals surface area contributed by atoms with Gasteiger partial charge in [0.2, 0.25) is 0 Å². The summed E-state index contributed by atoms with van der Waals surface area (Å²) >= 11 is 0. The molecule has 0 rings (SSSR count). The summed E-state index contributed by atoms with van der Waals surface area (Å²) in [4.78, 5) is 20.7. The second-order valence-corrected chi connectivity index (χ2v) is 1.83. The minimum Gasteiger partial charge on any atom is -0.453 e. The molecule has 0 aliphatic carbocycles. The molecule has 0 aromatic carbocycles.